The first-order valence-corrected chi connectivity index (χ1v) is 12.5. The molecule has 0 bridgehead atoms. The van der Waals surface area contributed by atoms with Crippen LogP contribution in [0.2, 0.25) is 0 Å². The van der Waals surface area contributed by atoms with Crippen LogP contribution in [0.3, 0.4) is 0 Å². The Hall–Kier alpha value is -1.86. The molecule has 0 amide bonds. The van der Waals surface area contributed by atoms with Crippen LogP contribution in [-0.2, 0) is 34.1 Å². The lowest BCUT2D eigenvalue weighted by molar-refractivity contribution is 0.246. The zero-order valence-corrected chi connectivity index (χ0v) is 17.2. The molecule has 3 rings (SSSR count). The number of hydrogen-bond acceptors (Lipinski definition) is 4. The van der Waals surface area contributed by atoms with Crippen LogP contribution in [0.25, 0.3) is 0 Å². The Kier molecular flexibility index (Phi) is 7.71. The summed E-state index contributed by atoms with van der Waals surface area (Å²) >= 11 is 7.02. The average Bonchev–Trinajstić information content (AvgIpc) is 2.73. The third kappa shape index (κ3) is 6.99. The van der Waals surface area contributed by atoms with Crippen LogP contribution >= 0.6 is 17.1 Å². The van der Waals surface area contributed by atoms with Gasteiger partial charge < -0.3 is 9.05 Å². The number of hydrogen-bond donors (Lipinski definition) is 0. The molecule has 0 aliphatic carbocycles. The van der Waals surface area contributed by atoms with E-state index >= 15 is 0 Å². The molecule has 136 valence electrons. The van der Waals surface area contributed by atoms with E-state index in [0.717, 1.165) is 16.7 Å². The number of benzene rings is 3. The highest BCUT2D eigenvalue weighted by Gasteiger charge is 2.20. The molecule has 0 atom stereocenters. The fourth-order valence-electron chi connectivity index (χ4n) is 2.20. The molecule has 3 aromatic rings. The van der Waals surface area contributed by atoms with Gasteiger partial charge in [0.2, 0.25) is 0 Å². The lowest BCUT2D eigenvalue weighted by Gasteiger charge is -2.19. The third-order valence-electron chi connectivity index (χ3n) is 3.59. The first-order chi connectivity index (χ1) is 13.2. The molecule has 0 aliphatic rings. The van der Waals surface area contributed by atoms with Crippen LogP contribution in [-0.4, -0.2) is 0 Å². The van der Waals surface area contributed by atoms with Gasteiger partial charge in [-0.2, -0.15) is 0 Å². The summed E-state index contributed by atoms with van der Waals surface area (Å²) < 4.78 is 12.1. The smallest absolute Gasteiger partial charge is 0.260 e. The minimum Gasteiger partial charge on any atom is -0.316 e. The maximum Gasteiger partial charge on any atom is 0.260 e. The van der Waals surface area contributed by atoms with E-state index in [4.69, 9.17) is 20.9 Å². The SMILES string of the molecule is S=P(OCc1ccccc1)(OCc1ccccc1)SC#Cc1ccccc1. The summed E-state index contributed by atoms with van der Waals surface area (Å²) in [6.45, 7) is 0.819. The van der Waals surface area contributed by atoms with Gasteiger partial charge in [-0.25, -0.2) is 0 Å². The highest BCUT2D eigenvalue weighted by Crippen LogP contribution is 2.61. The first-order valence-electron chi connectivity index (χ1n) is 8.45. The molecule has 0 saturated heterocycles. The van der Waals surface area contributed by atoms with Gasteiger partial charge in [0, 0.05) is 16.9 Å². The molecule has 0 unspecified atom stereocenters. The van der Waals surface area contributed by atoms with Crippen LogP contribution in [0.4, 0.5) is 0 Å². The number of rotatable bonds is 7. The van der Waals surface area contributed by atoms with Gasteiger partial charge in [0.15, 0.2) is 0 Å². The van der Waals surface area contributed by atoms with Gasteiger partial charge in [0.1, 0.15) is 0 Å². The molecule has 0 aromatic heterocycles. The van der Waals surface area contributed by atoms with E-state index in [1.807, 2.05) is 91.0 Å². The normalized spacial score (nSPS) is 10.8. The predicted octanol–water partition coefficient (Wildman–Crippen LogP) is 6.39. The van der Waals surface area contributed by atoms with Gasteiger partial charge in [0.25, 0.3) is 5.69 Å². The zero-order valence-electron chi connectivity index (χ0n) is 14.7. The van der Waals surface area contributed by atoms with Crippen molar-refractivity contribution in [1.82, 2.24) is 0 Å². The highest BCUT2D eigenvalue weighted by atomic mass is 32.9. The molecule has 3 aromatic carbocycles. The van der Waals surface area contributed by atoms with Gasteiger partial charge in [-0.3, -0.25) is 0 Å². The maximum absolute atomic E-state index is 6.04. The topological polar surface area (TPSA) is 18.5 Å². The third-order valence-corrected chi connectivity index (χ3v) is 7.78. The van der Waals surface area contributed by atoms with E-state index in [-0.39, 0.29) is 0 Å². The second-order valence-electron chi connectivity index (χ2n) is 5.65. The van der Waals surface area contributed by atoms with Gasteiger partial charge in [0.05, 0.1) is 13.2 Å². The van der Waals surface area contributed by atoms with E-state index in [1.165, 1.54) is 11.4 Å². The summed E-state index contributed by atoms with van der Waals surface area (Å²) in [7, 11) is 0. The van der Waals surface area contributed by atoms with Gasteiger partial charge in [-0.15, -0.1) is 0 Å². The lowest BCUT2D eigenvalue weighted by Crippen LogP contribution is -1.94. The van der Waals surface area contributed by atoms with E-state index in [0.29, 0.717) is 13.2 Å². The molecular formula is C22H19O2PS2. The second-order valence-corrected chi connectivity index (χ2v) is 11.6. The molecule has 0 spiro atoms. The second kappa shape index (κ2) is 10.5. The van der Waals surface area contributed by atoms with Crippen LogP contribution in [0.1, 0.15) is 16.7 Å². The van der Waals surface area contributed by atoms with Crippen molar-refractivity contribution in [3.05, 3.63) is 108 Å². The van der Waals surface area contributed by atoms with Crippen molar-refractivity contribution >= 4 is 28.9 Å². The molecule has 0 heterocycles. The molecule has 0 saturated carbocycles. The largest absolute Gasteiger partial charge is 0.316 e. The average molecular weight is 411 g/mol. The minimum absolute atomic E-state index is 0.410. The van der Waals surface area contributed by atoms with Crippen LogP contribution < -0.4 is 0 Å². The standard InChI is InChI=1S/C22H19O2PS2/c26-25(23-18-21-12-6-2-7-13-21,24-19-22-14-8-3-9-15-22)27-17-16-20-10-4-1-5-11-20/h1-15H,18-19H2. The Labute approximate surface area is 169 Å². The summed E-state index contributed by atoms with van der Waals surface area (Å²) in [5.74, 6) is 3.11. The highest BCUT2D eigenvalue weighted by molar-refractivity contribution is 8.69. The van der Waals surface area contributed by atoms with Gasteiger partial charge >= 0.3 is 0 Å². The minimum atomic E-state index is -2.61. The molecule has 27 heavy (non-hydrogen) atoms. The monoisotopic (exact) mass is 410 g/mol. The van der Waals surface area contributed by atoms with Crippen molar-refractivity contribution in [2.75, 3.05) is 0 Å². The Morgan fingerprint density at radius 1 is 0.704 bits per heavy atom. The van der Waals surface area contributed by atoms with Crippen LogP contribution in [0, 0.1) is 11.2 Å². The fourth-order valence-corrected chi connectivity index (χ4v) is 5.03. The molecule has 0 radical (unpaired) electrons. The first kappa shape index (κ1) is 19.9. The molecule has 5 heteroatoms. The van der Waals surface area contributed by atoms with E-state index in [9.17, 15) is 0 Å². The molecule has 2 nitrogen and oxygen atoms in total. The molecule has 0 N–H and O–H groups in total. The lowest BCUT2D eigenvalue weighted by atomic mass is 10.2. The van der Waals surface area contributed by atoms with Crippen molar-refractivity contribution < 1.29 is 9.05 Å². The Bertz CT molecular complexity index is 888. The Balaban J connectivity index is 1.68. The Morgan fingerprint density at radius 3 is 1.63 bits per heavy atom. The Morgan fingerprint density at radius 2 is 1.15 bits per heavy atom. The van der Waals surface area contributed by atoms with Gasteiger partial charge in [-0.05, 0) is 40.3 Å². The predicted molar refractivity (Wildman–Crippen MR) is 118 cm³/mol. The van der Waals surface area contributed by atoms with Crippen molar-refractivity contribution in [3.8, 4) is 11.2 Å². The quantitative estimate of drug-likeness (QED) is 0.332. The van der Waals surface area contributed by atoms with Crippen molar-refractivity contribution in [1.29, 1.82) is 0 Å². The molecular weight excluding hydrogens is 391 g/mol. The van der Waals surface area contributed by atoms with E-state index < -0.39 is 5.69 Å². The van der Waals surface area contributed by atoms with Gasteiger partial charge in [-0.1, -0.05) is 84.8 Å². The molecule has 0 fully saturated rings. The van der Waals surface area contributed by atoms with Crippen molar-refractivity contribution in [2.45, 2.75) is 13.2 Å². The maximum atomic E-state index is 6.04. The van der Waals surface area contributed by atoms with Crippen molar-refractivity contribution in [2.24, 2.45) is 0 Å². The summed E-state index contributed by atoms with van der Waals surface area (Å²) in [6.07, 6.45) is 0. The van der Waals surface area contributed by atoms with Crippen molar-refractivity contribution in [3.63, 3.8) is 0 Å². The van der Waals surface area contributed by atoms with E-state index in [1.54, 1.807) is 0 Å². The zero-order chi connectivity index (χ0) is 18.8. The summed E-state index contributed by atoms with van der Waals surface area (Å²) in [4.78, 5) is 0. The fraction of sp³-hybridized carbons (Fsp3) is 0.0909. The van der Waals surface area contributed by atoms with Crippen LogP contribution in [0.5, 0.6) is 0 Å². The summed E-state index contributed by atoms with van der Waals surface area (Å²) in [5.41, 5.74) is 0.455. The molecule has 0 aliphatic heterocycles. The summed E-state index contributed by atoms with van der Waals surface area (Å²) in [6, 6.07) is 29.7. The summed E-state index contributed by atoms with van der Waals surface area (Å²) in [5, 5.41) is 3.08. The van der Waals surface area contributed by atoms with E-state index in [2.05, 4.69) is 11.2 Å². The van der Waals surface area contributed by atoms with Crippen LogP contribution in [0.15, 0.2) is 91.0 Å².